The average molecular weight is 191 g/mol. The van der Waals surface area contributed by atoms with Crippen LogP contribution in [0.1, 0.15) is 12.5 Å². The van der Waals surface area contributed by atoms with Gasteiger partial charge in [-0.15, -0.1) is 0 Å². The van der Waals surface area contributed by atoms with Crippen molar-refractivity contribution in [3.63, 3.8) is 0 Å². The number of rotatable bonds is 1. The van der Waals surface area contributed by atoms with E-state index >= 15 is 0 Å². The quantitative estimate of drug-likeness (QED) is 0.676. The van der Waals surface area contributed by atoms with E-state index in [4.69, 9.17) is 4.74 Å². The summed E-state index contributed by atoms with van der Waals surface area (Å²) in [6, 6.07) is 5.89. The van der Waals surface area contributed by atoms with E-state index in [0.717, 1.165) is 17.0 Å². The molecule has 1 heterocycles. The molecule has 0 radical (unpaired) electrons. The van der Waals surface area contributed by atoms with Crippen molar-refractivity contribution in [2.45, 2.75) is 13.8 Å². The number of ether oxygens (including phenoxy) is 1. The highest BCUT2D eigenvalue weighted by Crippen LogP contribution is 2.32. The van der Waals surface area contributed by atoms with Gasteiger partial charge in [-0.25, -0.2) is 0 Å². The first-order valence-electron chi connectivity index (χ1n) is 4.76. The zero-order chi connectivity index (χ0) is 10.1. The zero-order valence-electron chi connectivity index (χ0n) is 8.41. The summed E-state index contributed by atoms with van der Waals surface area (Å²) in [4.78, 5) is 13.3. The largest absolute Gasteiger partial charge is 0.482 e. The standard InChI is InChI=1S/C11H13NO2/c1-3-12-9-6-8(2)4-5-10(9)14-7-11(12)13/h4-6H,3,7H2,1-2H3. The van der Waals surface area contributed by atoms with E-state index in [1.165, 1.54) is 0 Å². The Morgan fingerprint density at radius 3 is 3.00 bits per heavy atom. The minimum Gasteiger partial charge on any atom is -0.482 e. The van der Waals surface area contributed by atoms with Gasteiger partial charge in [-0.3, -0.25) is 4.79 Å². The van der Waals surface area contributed by atoms with E-state index in [9.17, 15) is 4.79 Å². The first-order valence-corrected chi connectivity index (χ1v) is 4.76. The summed E-state index contributed by atoms with van der Waals surface area (Å²) in [5, 5.41) is 0. The van der Waals surface area contributed by atoms with Gasteiger partial charge >= 0.3 is 0 Å². The molecule has 3 heteroatoms. The van der Waals surface area contributed by atoms with Crippen molar-refractivity contribution in [1.29, 1.82) is 0 Å². The molecule has 1 aliphatic rings. The molecule has 0 N–H and O–H groups in total. The molecule has 0 spiro atoms. The zero-order valence-corrected chi connectivity index (χ0v) is 8.41. The number of hydrogen-bond acceptors (Lipinski definition) is 2. The third-order valence-electron chi connectivity index (χ3n) is 2.37. The van der Waals surface area contributed by atoms with Crippen molar-refractivity contribution in [3.05, 3.63) is 23.8 Å². The van der Waals surface area contributed by atoms with E-state index in [1.807, 2.05) is 32.0 Å². The Bertz CT molecular complexity index is 374. The highest BCUT2D eigenvalue weighted by molar-refractivity contribution is 5.97. The summed E-state index contributed by atoms with van der Waals surface area (Å²) in [5.74, 6) is 0.836. The van der Waals surface area contributed by atoms with Gasteiger partial charge in [0, 0.05) is 6.54 Å². The molecule has 14 heavy (non-hydrogen) atoms. The van der Waals surface area contributed by atoms with Crippen LogP contribution in [0.2, 0.25) is 0 Å². The monoisotopic (exact) mass is 191 g/mol. The highest BCUT2D eigenvalue weighted by atomic mass is 16.5. The number of fused-ring (bicyclic) bond motifs is 1. The van der Waals surface area contributed by atoms with Crippen LogP contribution < -0.4 is 9.64 Å². The number of anilines is 1. The lowest BCUT2D eigenvalue weighted by Gasteiger charge is -2.28. The van der Waals surface area contributed by atoms with E-state index in [0.29, 0.717) is 6.54 Å². The smallest absolute Gasteiger partial charge is 0.265 e. The SMILES string of the molecule is CCN1C(=O)COc2ccc(C)cc21. The van der Waals surface area contributed by atoms with Crippen LogP contribution in [0, 0.1) is 6.92 Å². The Balaban J connectivity index is 2.49. The van der Waals surface area contributed by atoms with E-state index in [-0.39, 0.29) is 12.5 Å². The molecule has 2 rings (SSSR count). The molecule has 3 nitrogen and oxygen atoms in total. The molecule has 1 aliphatic heterocycles. The van der Waals surface area contributed by atoms with Gasteiger partial charge in [-0.1, -0.05) is 6.07 Å². The van der Waals surface area contributed by atoms with Gasteiger partial charge in [-0.2, -0.15) is 0 Å². The van der Waals surface area contributed by atoms with Crippen molar-refractivity contribution in [2.24, 2.45) is 0 Å². The molecule has 0 atom stereocenters. The minimum atomic E-state index is 0.0330. The fourth-order valence-electron chi connectivity index (χ4n) is 1.66. The molecule has 0 fully saturated rings. The Morgan fingerprint density at radius 2 is 2.29 bits per heavy atom. The number of benzene rings is 1. The molecule has 0 saturated carbocycles. The lowest BCUT2D eigenvalue weighted by molar-refractivity contribution is -0.121. The van der Waals surface area contributed by atoms with Crippen LogP contribution in [-0.4, -0.2) is 19.1 Å². The highest BCUT2D eigenvalue weighted by Gasteiger charge is 2.23. The molecule has 0 aromatic heterocycles. The molecule has 0 saturated heterocycles. The third-order valence-corrected chi connectivity index (χ3v) is 2.37. The summed E-state index contributed by atoms with van der Waals surface area (Å²) < 4.78 is 5.33. The molecule has 1 amide bonds. The first kappa shape index (κ1) is 9.06. The number of carbonyl (C=O) groups excluding carboxylic acids is 1. The van der Waals surface area contributed by atoms with Crippen LogP contribution in [0.3, 0.4) is 0 Å². The van der Waals surface area contributed by atoms with E-state index in [2.05, 4.69) is 0 Å². The lowest BCUT2D eigenvalue weighted by atomic mass is 10.1. The second-order valence-corrected chi connectivity index (χ2v) is 3.40. The molecular weight excluding hydrogens is 178 g/mol. The van der Waals surface area contributed by atoms with Crippen LogP contribution in [0.5, 0.6) is 5.75 Å². The van der Waals surface area contributed by atoms with Gasteiger partial charge in [-0.05, 0) is 31.5 Å². The van der Waals surface area contributed by atoms with E-state index < -0.39 is 0 Å². The second-order valence-electron chi connectivity index (χ2n) is 3.40. The topological polar surface area (TPSA) is 29.5 Å². The summed E-state index contributed by atoms with van der Waals surface area (Å²) in [5.41, 5.74) is 2.03. The summed E-state index contributed by atoms with van der Waals surface area (Å²) in [7, 11) is 0. The summed E-state index contributed by atoms with van der Waals surface area (Å²) in [6.07, 6.45) is 0. The van der Waals surface area contributed by atoms with Gasteiger partial charge in [0.05, 0.1) is 5.69 Å². The van der Waals surface area contributed by atoms with Crippen LogP contribution in [0.15, 0.2) is 18.2 Å². The molecule has 0 unspecified atom stereocenters. The normalized spacial score (nSPS) is 15.0. The van der Waals surface area contributed by atoms with Crippen molar-refractivity contribution in [1.82, 2.24) is 0 Å². The molecule has 1 aromatic carbocycles. The van der Waals surface area contributed by atoms with Gasteiger partial charge < -0.3 is 9.64 Å². The van der Waals surface area contributed by atoms with Crippen molar-refractivity contribution >= 4 is 11.6 Å². The summed E-state index contributed by atoms with van der Waals surface area (Å²) in [6.45, 7) is 4.82. The van der Waals surface area contributed by atoms with Crippen LogP contribution in [0.25, 0.3) is 0 Å². The third kappa shape index (κ3) is 1.35. The Hall–Kier alpha value is -1.51. The lowest BCUT2D eigenvalue weighted by Crippen LogP contribution is -2.38. The number of likely N-dealkylation sites (N-methyl/N-ethyl adjacent to an activating group) is 1. The Morgan fingerprint density at radius 1 is 1.50 bits per heavy atom. The fraction of sp³-hybridized carbons (Fsp3) is 0.364. The minimum absolute atomic E-state index is 0.0330. The Labute approximate surface area is 83.3 Å². The second kappa shape index (κ2) is 3.33. The number of carbonyl (C=O) groups is 1. The predicted octanol–water partition coefficient (Wildman–Crippen LogP) is 1.74. The molecule has 0 bridgehead atoms. The van der Waals surface area contributed by atoms with E-state index in [1.54, 1.807) is 4.90 Å². The molecular formula is C11H13NO2. The van der Waals surface area contributed by atoms with Gasteiger partial charge in [0.2, 0.25) is 0 Å². The number of hydrogen-bond donors (Lipinski definition) is 0. The van der Waals surface area contributed by atoms with Crippen molar-refractivity contribution < 1.29 is 9.53 Å². The fourth-order valence-corrected chi connectivity index (χ4v) is 1.66. The average Bonchev–Trinajstić information content (AvgIpc) is 2.17. The van der Waals surface area contributed by atoms with Crippen LogP contribution in [0.4, 0.5) is 5.69 Å². The van der Waals surface area contributed by atoms with Crippen LogP contribution in [-0.2, 0) is 4.79 Å². The first-order chi connectivity index (χ1) is 6.72. The Kier molecular flexibility index (Phi) is 2.15. The number of nitrogens with zero attached hydrogens (tertiary/aromatic N) is 1. The number of amides is 1. The van der Waals surface area contributed by atoms with Gasteiger partial charge in [0.1, 0.15) is 5.75 Å². The molecule has 74 valence electrons. The molecule has 1 aromatic rings. The van der Waals surface area contributed by atoms with Crippen molar-refractivity contribution in [2.75, 3.05) is 18.1 Å². The molecule has 0 aliphatic carbocycles. The maximum Gasteiger partial charge on any atom is 0.265 e. The predicted molar refractivity (Wildman–Crippen MR) is 54.7 cm³/mol. The van der Waals surface area contributed by atoms with Gasteiger partial charge in [0.15, 0.2) is 6.61 Å². The maximum absolute atomic E-state index is 11.5. The summed E-state index contributed by atoms with van der Waals surface area (Å²) >= 11 is 0. The van der Waals surface area contributed by atoms with Crippen LogP contribution >= 0.6 is 0 Å². The van der Waals surface area contributed by atoms with Gasteiger partial charge in [0.25, 0.3) is 5.91 Å². The van der Waals surface area contributed by atoms with Crippen molar-refractivity contribution in [3.8, 4) is 5.75 Å². The number of aryl methyl sites for hydroxylation is 1. The maximum atomic E-state index is 11.5.